The van der Waals surface area contributed by atoms with Crippen LogP contribution in [0.1, 0.15) is 10.4 Å². The van der Waals surface area contributed by atoms with Crippen LogP contribution in [0.15, 0.2) is 54.9 Å². The molecule has 0 bridgehead atoms. The Morgan fingerprint density at radius 2 is 1.85 bits per heavy atom. The van der Waals surface area contributed by atoms with Gasteiger partial charge in [0.25, 0.3) is 5.69 Å². The molecule has 4 aromatic rings. The van der Waals surface area contributed by atoms with E-state index in [0.717, 1.165) is 26.2 Å². The Labute approximate surface area is 159 Å². The Balaban J connectivity index is 1.85. The van der Waals surface area contributed by atoms with Crippen molar-refractivity contribution in [2.24, 2.45) is 0 Å². The summed E-state index contributed by atoms with van der Waals surface area (Å²) in [6, 6.07) is 14.7. The minimum atomic E-state index is -0.410. The van der Waals surface area contributed by atoms with E-state index in [1.54, 1.807) is 23.5 Å². The molecule has 2 aromatic heterocycles. The van der Waals surface area contributed by atoms with Gasteiger partial charge in [-0.3, -0.25) is 10.1 Å². The van der Waals surface area contributed by atoms with Crippen molar-refractivity contribution in [3.05, 3.63) is 75.4 Å². The number of aromatic nitrogens is 2. The number of benzene rings is 2. The van der Waals surface area contributed by atoms with E-state index in [2.05, 4.69) is 53.4 Å². The summed E-state index contributed by atoms with van der Waals surface area (Å²) >= 11 is 1.61. The highest BCUT2D eigenvalue weighted by Gasteiger charge is 2.17. The molecule has 6 nitrogen and oxygen atoms in total. The Hall–Kier alpha value is -3.32. The van der Waals surface area contributed by atoms with E-state index in [1.807, 2.05) is 0 Å². The number of fused-ring (bicyclic) bond motifs is 1. The van der Waals surface area contributed by atoms with Crippen LogP contribution < -0.4 is 5.32 Å². The molecule has 0 radical (unpaired) electrons. The number of nitro groups is 1. The fourth-order valence-corrected chi connectivity index (χ4v) is 4.05. The average molecular weight is 376 g/mol. The molecule has 2 aromatic carbocycles. The summed E-state index contributed by atoms with van der Waals surface area (Å²) in [7, 11) is 0. The molecule has 1 N–H and O–H groups in total. The summed E-state index contributed by atoms with van der Waals surface area (Å²) in [5, 5.41) is 15.2. The number of hydrogen-bond donors (Lipinski definition) is 1. The van der Waals surface area contributed by atoms with Gasteiger partial charge in [-0.15, -0.1) is 11.3 Å². The largest absolute Gasteiger partial charge is 0.339 e. The van der Waals surface area contributed by atoms with Gasteiger partial charge in [-0.2, -0.15) is 0 Å². The van der Waals surface area contributed by atoms with E-state index >= 15 is 0 Å². The monoisotopic (exact) mass is 376 g/mol. The Morgan fingerprint density at radius 3 is 2.59 bits per heavy atom. The smallest absolute Gasteiger partial charge is 0.271 e. The number of rotatable bonds is 4. The van der Waals surface area contributed by atoms with Crippen molar-refractivity contribution >= 4 is 38.7 Å². The highest BCUT2D eigenvalue weighted by atomic mass is 32.1. The lowest BCUT2D eigenvalue weighted by Crippen LogP contribution is -1.97. The lowest BCUT2D eigenvalue weighted by Gasteiger charge is -2.09. The third-order valence-electron chi connectivity index (χ3n) is 4.32. The molecule has 134 valence electrons. The highest BCUT2D eigenvalue weighted by molar-refractivity contribution is 7.19. The van der Waals surface area contributed by atoms with Crippen molar-refractivity contribution in [1.29, 1.82) is 0 Å². The maximum atomic E-state index is 11.0. The van der Waals surface area contributed by atoms with Gasteiger partial charge in [-0.25, -0.2) is 9.97 Å². The van der Waals surface area contributed by atoms with Gasteiger partial charge in [0.2, 0.25) is 0 Å². The van der Waals surface area contributed by atoms with E-state index in [0.29, 0.717) is 11.5 Å². The molecule has 7 heteroatoms. The molecule has 0 unspecified atom stereocenters. The van der Waals surface area contributed by atoms with Crippen molar-refractivity contribution < 1.29 is 4.92 Å². The first kappa shape index (κ1) is 17.1. The molecular formula is C20H16N4O2S. The van der Waals surface area contributed by atoms with Crippen molar-refractivity contribution in [3.63, 3.8) is 0 Å². The zero-order valence-corrected chi connectivity index (χ0v) is 15.6. The van der Waals surface area contributed by atoms with Crippen LogP contribution in [-0.2, 0) is 0 Å². The quantitative estimate of drug-likeness (QED) is 0.369. The van der Waals surface area contributed by atoms with Crippen molar-refractivity contribution in [1.82, 2.24) is 9.97 Å². The third kappa shape index (κ3) is 3.24. The van der Waals surface area contributed by atoms with Crippen molar-refractivity contribution in [3.8, 4) is 11.1 Å². The molecule has 27 heavy (non-hydrogen) atoms. The Morgan fingerprint density at radius 1 is 1.07 bits per heavy atom. The topological polar surface area (TPSA) is 81.0 Å². The van der Waals surface area contributed by atoms with Crippen LogP contribution >= 0.6 is 11.3 Å². The van der Waals surface area contributed by atoms with Gasteiger partial charge in [-0.1, -0.05) is 35.9 Å². The molecule has 0 aliphatic heterocycles. The lowest BCUT2D eigenvalue weighted by molar-refractivity contribution is -0.384. The van der Waals surface area contributed by atoms with Crippen molar-refractivity contribution in [2.45, 2.75) is 13.8 Å². The van der Waals surface area contributed by atoms with E-state index < -0.39 is 4.92 Å². The number of nitro benzene ring substituents is 1. The molecule has 0 saturated carbocycles. The normalized spacial score (nSPS) is 10.9. The van der Waals surface area contributed by atoms with Gasteiger partial charge in [0, 0.05) is 28.3 Å². The Kier molecular flexibility index (Phi) is 4.29. The van der Waals surface area contributed by atoms with Crippen LogP contribution in [-0.4, -0.2) is 14.9 Å². The lowest BCUT2D eigenvalue weighted by atomic mass is 10.0. The fraction of sp³-hybridized carbons (Fsp3) is 0.100. The second kappa shape index (κ2) is 6.77. The minimum Gasteiger partial charge on any atom is -0.339 e. The van der Waals surface area contributed by atoms with E-state index in [9.17, 15) is 10.1 Å². The molecule has 4 rings (SSSR count). The van der Waals surface area contributed by atoms with E-state index in [4.69, 9.17) is 0 Å². The number of nitrogens with one attached hydrogen (secondary N) is 1. The molecule has 0 aliphatic carbocycles. The van der Waals surface area contributed by atoms with Gasteiger partial charge >= 0.3 is 0 Å². The van der Waals surface area contributed by atoms with Crippen LogP contribution in [0.2, 0.25) is 0 Å². The number of non-ortho nitro benzene ring substituents is 1. The number of nitrogens with zero attached hydrogens (tertiary/aromatic N) is 3. The van der Waals surface area contributed by atoms with Gasteiger partial charge in [0.05, 0.1) is 10.3 Å². The summed E-state index contributed by atoms with van der Waals surface area (Å²) in [4.78, 5) is 21.5. The first-order valence-corrected chi connectivity index (χ1v) is 9.17. The Bertz CT molecular complexity index is 1150. The van der Waals surface area contributed by atoms with Crippen LogP contribution in [0.25, 0.3) is 21.3 Å². The molecule has 0 amide bonds. The zero-order chi connectivity index (χ0) is 19.0. The summed E-state index contributed by atoms with van der Waals surface area (Å²) in [5.41, 5.74) is 4.03. The second-order valence-electron chi connectivity index (χ2n) is 6.23. The number of thiophene rings is 1. The molecule has 0 fully saturated rings. The van der Waals surface area contributed by atoms with Gasteiger partial charge in [-0.05, 0) is 25.5 Å². The van der Waals surface area contributed by atoms with Gasteiger partial charge < -0.3 is 5.32 Å². The maximum Gasteiger partial charge on any atom is 0.271 e. The molecule has 2 heterocycles. The van der Waals surface area contributed by atoms with Crippen LogP contribution in [0.5, 0.6) is 0 Å². The molecule has 0 spiro atoms. The number of hydrogen-bond acceptors (Lipinski definition) is 6. The molecule has 0 saturated heterocycles. The third-order valence-corrected chi connectivity index (χ3v) is 5.34. The van der Waals surface area contributed by atoms with Crippen molar-refractivity contribution in [2.75, 3.05) is 5.32 Å². The molecule has 0 atom stereocenters. The second-order valence-corrected chi connectivity index (χ2v) is 7.44. The highest BCUT2D eigenvalue weighted by Crippen LogP contribution is 2.41. The molecular weight excluding hydrogens is 360 g/mol. The standard InChI is InChI=1S/C20H16N4O2S/c1-12-6-8-14(9-7-12)17-13(2)27-20-18(17)19(21-11-22-20)23-15-4-3-5-16(10-15)24(25)26/h3-11H,1-2H3,(H,21,22,23). The SMILES string of the molecule is Cc1ccc(-c2c(C)sc3ncnc(Nc4cccc([N+](=O)[O-])c4)c23)cc1. The maximum absolute atomic E-state index is 11.0. The summed E-state index contributed by atoms with van der Waals surface area (Å²) in [6.45, 7) is 4.12. The van der Waals surface area contributed by atoms with Crippen LogP contribution in [0.3, 0.4) is 0 Å². The minimum absolute atomic E-state index is 0.0329. The predicted molar refractivity (Wildman–Crippen MR) is 109 cm³/mol. The first-order chi connectivity index (χ1) is 13.0. The van der Waals surface area contributed by atoms with Gasteiger partial charge in [0.1, 0.15) is 17.0 Å². The number of anilines is 2. The van der Waals surface area contributed by atoms with Crippen LogP contribution in [0.4, 0.5) is 17.2 Å². The predicted octanol–water partition coefficient (Wildman–Crippen LogP) is 5.63. The zero-order valence-electron chi connectivity index (χ0n) is 14.8. The summed E-state index contributed by atoms with van der Waals surface area (Å²) in [5.74, 6) is 0.639. The molecule has 0 aliphatic rings. The first-order valence-electron chi connectivity index (χ1n) is 8.35. The van der Waals surface area contributed by atoms with E-state index in [1.165, 1.54) is 24.0 Å². The number of aryl methyl sites for hydroxylation is 2. The summed E-state index contributed by atoms with van der Waals surface area (Å²) in [6.07, 6.45) is 1.51. The fourth-order valence-electron chi connectivity index (χ4n) is 3.04. The summed E-state index contributed by atoms with van der Waals surface area (Å²) < 4.78 is 0. The van der Waals surface area contributed by atoms with E-state index in [-0.39, 0.29) is 5.69 Å². The van der Waals surface area contributed by atoms with Gasteiger partial charge in [0.15, 0.2) is 0 Å². The van der Waals surface area contributed by atoms with Crippen LogP contribution in [0, 0.1) is 24.0 Å². The average Bonchev–Trinajstić information content (AvgIpc) is 2.99.